The zero-order valence-corrected chi connectivity index (χ0v) is 15.7. The molecule has 3 heterocycles. The van der Waals surface area contributed by atoms with Gasteiger partial charge in [-0.1, -0.05) is 24.3 Å². The maximum absolute atomic E-state index is 12.7. The molecule has 4 aliphatic rings. The summed E-state index contributed by atoms with van der Waals surface area (Å²) in [5, 5.41) is 0. The Hall–Kier alpha value is -1.43. The van der Waals surface area contributed by atoms with Gasteiger partial charge in [-0.15, -0.1) is 0 Å². The number of ether oxygens (including phenoxy) is 2. The number of benzene rings is 1. The van der Waals surface area contributed by atoms with Crippen LogP contribution in [0.2, 0.25) is 0 Å². The minimum atomic E-state index is 0.146. The zero-order valence-electron chi connectivity index (χ0n) is 15.7. The zero-order chi connectivity index (χ0) is 17.9. The highest BCUT2D eigenvalue weighted by Crippen LogP contribution is 2.33. The lowest BCUT2D eigenvalue weighted by molar-refractivity contribution is -0.140. The van der Waals surface area contributed by atoms with Gasteiger partial charge in [-0.3, -0.25) is 9.69 Å². The van der Waals surface area contributed by atoms with Crippen molar-refractivity contribution in [2.45, 2.75) is 37.8 Å². The summed E-state index contributed by atoms with van der Waals surface area (Å²) in [7, 11) is 1.65. The van der Waals surface area contributed by atoms with Crippen LogP contribution in [0.4, 0.5) is 0 Å². The molecular weight excluding hydrogens is 328 g/mol. The predicted molar refractivity (Wildman–Crippen MR) is 100 cm³/mol. The Balaban J connectivity index is 1.37. The summed E-state index contributed by atoms with van der Waals surface area (Å²) in [5.74, 6) is 0.743. The molecule has 0 unspecified atom stereocenters. The standard InChI is InChI=1S/C21H30N2O3/c1-25-8-9-26-15-21(24)23-13-16-6-7-19(23)14-22(12-16)20-10-17-4-2-3-5-18(17)11-20/h2-5,16,19-20H,6-15H2,1H3/t16-,19+/m0/s1. The van der Waals surface area contributed by atoms with Gasteiger partial charge in [0.2, 0.25) is 5.91 Å². The molecule has 1 aromatic carbocycles. The van der Waals surface area contributed by atoms with Gasteiger partial charge < -0.3 is 14.4 Å². The Bertz CT molecular complexity index is 610. The second-order valence-electron chi connectivity index (χ2n) is 7.97. The number of carbonyl (C=O) groups is 1. The first kappa shape index (κ1) is 18.0. The monoisotopic (exact) mass is 358 g/mol. The second kappa shape index (κ2) is 8.07. The van der Waals surface area contributed by atoms with E-state index >= 15 is 0 Å². The number of nitrogens with zero attached hydrogens (tertiary/aromatic N) is 2. The number of rotatable bonds is 6. The van der Waals surface area contributed by atoms with Gasteiger partial charge in [0.05, 0.1) is 13.2 Å². The molecule has 5 heteroatoms. The van der Waals surface area contributed by atoms with Crippen LogP contribution in [-0.2, 0) is 27.1 Å². The van der Waals surface area contributed by atoms with E-state index in [4.69, 9.17) is 9.47 Å². The molecule has 3 saturated heterocycles. The number of amides is 1. The maximum atomic E-state index is 12.7. The lowest BCUT2D eigenvalue weighted by Crippen LogP contribution is -2.49. The topological polar surface area (TPSA) is 42.0 Å². The van der Waals surface area contributed by atoms with Gasteiger partial charge in [0, 0.05) is 38.8 Å². The predicted octanol–water partition coefficient (Wildman–Crippen LogP) is 1.74. The summed E-state index contributed by atoms with van der Waals surface area (Å²) < 4.78 is 10.5. The SMILES string of the molecule is COCCOCC(=O)N1C[C@H]2CC[C@@H]1CN(C1Cc3ccccc3C1)C2. The first-order valence-corrected chi connectivity index (χ1v) is 9.91. The van der Waals surface area contributed by atoms with Gasteiger partial charge in [-0.05, 0) is 42.7 Å². The van der Waals surface area contributed by atoms with Crippen molar-refractivity contribution < 1.29 is 14.3 Å². The molecule has 3 aliphatic heterocycles. The average molecular weight is 358 g/mol. The van der Waals surface area contributed by atoms with Crippen LogP contribution in [0.15, 0.2) is 24.3 Å². The average Bonchev–Trinajstić information content (AvgIpc) is 2.88. The highest BCUT2D eigenvalue weighted by atomic mass is 16.5. The Kier molecular flexibility index (Phi) is 5.57. The van der Waals surface area contributed by atoms with Gasteiger partial charge >= 0.3 is 0 Å². The molecule has 1 aromatic rings. The second-order valence-corrected chi connectivity index (χ2v) is 7.97. The van der Waals surface area contributed by atoms with Crippen LogP contribution in [0.5, 0.6) is 0 Å². The lowest BCUT2D eigenvalue weighted by atomic mass is 9.95. The molecule has 0 spiro atoms. The molecule has 0 saturated carbocycles. The fraction of sp³-hybridized carbons (Fsp3) is 0.667. The normalized spacial score (nSPS) is 26.1. The summed E-state index contributed by atoms with van der Waals surface area (Å²) in [6.07, 6.45) is 4.69. The van der Waals surface area contributed by atoms with E-state index in [9.17, 15) is 4.79 Å². The maximum Gasteiger partial charge on any atom is 0.248 e. The van der Waals surface area contributed by atoms with E-state index in [2.05, 4.69) is 34.1 Å². The van der Waals surface area contributed by atoms with E-state index in [0.717, 1.165) is 38.9 Å². The molecule has 0 aromatic heterocycles. The molecule has 1 amide bonds. The van der Waals surface area contributed by atoms with Crippen molar-refractivity contribution in [1.82, 2.24) is 9.80 Å². The van der Waals surface area contributed by atoms with Crippen molar-refractivity contribution in [3.8, 4) is 0 Å². The summed E-state index contributed by atoms with van der Waals surface area (Å²) in [6.45, 7) is 4.24. The van der Waals surface area contributed by atoms with Gasteiger partial charge in [-0.2, -0.15) is 0 Å². The van der Waals surface area contributed by atoms with Crippen molar-refractivity contribution in [1.29, 1.82) is 0 Å². The number of methoxy groups -OCH3 is 1. The van der Waals surface area contributed by atoms with Gasteiger partial charge in [0.15, 0.2) is 0 Å². The Morgan fingerprint density at radius 2 is 1.81 bits per heavy atom. The van der Waals surface area contributed by atoms with Crippen molar-refractivity contribution in [2.75, 3.05) is 46.6 Å². The first-order chi connectivity index (χ1) is 12.7. The Labute approximate surface area is 156 Å². The molecule has 1 aliphatic carbocycles. The van der Waals surface area contributed by atoms with Gasteiger partial charge in [-0.25, -0.2) is 0 Å². The van der Waals surface area contributed by atoms with E-state index in [0.29, 0.717) is 31.2 Å². The van der Waals surface area contributed by atoms with E-state index < -0.39 is 0 Å². The summed E-state index contributed by atoms with van der Waals surface area (Å²) >= 11 is 0. The highest BCUT2D eigenvalue weighted by Gasteiger charge is 2.40. The number of carbonyl (C=O) groups excluding carboxylic acids is 1. The van der Waals surface area contributed by atoms with Crippen LogP contribution in [0.3, 0.4) is 0 Å². The van der Waals surface area contributed by atoms with Gasteiger partial charge in [0.25, 0.3) is 0 Å². The van der Waals surface area contributed by atoms with Gasteiger partial charge in [0.1, 0.15) is 6.61 Å². The largest absolute Gasteiger partial charge is 0.382 e. The fourth-order valence-electron chi connectivity index (χ4n) is 4.90. The smallest absolute Gasteiger partial charge is 0.248 e. The Morgan fingerprint density at radius 1 is 1.04 bits per heavy atom. The van der Waals surface area contributed by atoms with Crippen LogP contribution in [0.1, 0.15) is 24.0 Å². The summed E-state index contributed by atoms with van der Waals surface area (Å²) in [6, 6.07) is 9.79. The number of hydrogen-bond acceptors (Lipinski definition) is 4. The number of hydrogen-bond donors (Lipinski definition) is 0. The molecule has 5 nitrogen and oxygen atoms in total. The van der Waals surface area contributed by atoms with Crippen LogP contribution in [-0.4, -0.2) is 74.4 Å². The molecule has 0 N–H and O–H groups in total. The quantitative estimate of drug-likeness (QED) is 0.727. The number of fused-ring (bicyclic) bond motifs is 5. The third kappa shape index (κ3) is 3.80. The van der Waals surface area contributed by atoms with E-state index in [1.54, 1.807) is 7.11 Å². The fourth-order valence-corrected chi connectivity index (χ4v) is 4.90. The molecule has 142 valence electrons. The molecule has 26 heavy (non-hydrogen) atoms. The molecule has 2 atom stereocenters. The third-order valence-corrected chi connectivity index (χ3v) is 6.27. The van der Waals surface area contributed by atoms with E-state index in [1.165, 1.54) is 17.5 Å². The van der Waals surface area contributed by atoms with Crippen LogP contribution < -0.4 is 0 Å². The minimum Gasteiger partial charge on any atom is -0.382 e. The molecule has 2 bridgehead atoms. The van der Waals surface area contributed by atoms with Crippen molar-refractivity contribution in [3.05, 3.63) is 35.4 Å². The molecule has 5 rings (SSSR count). The third-order valence-electron chi connectivity index (χ3n) is 6.27. The molecule has 3 fully saturated rings. The van der Waals surface area contributed by atoms with Crippen molar-refractivity contribution >= 4 is 5.91 Å². The van der Waals surface area contributed by atoms with E-state index in [1.807, 2.05) is 0 Å². The summed E-state index contributed by atoms with van der Waals surface area (Å²) in [5.41, 5.74) is 3.02. The van der Waals surface area contributed by atoms with Crippen molar-refractivity contribution in [3.63, 3.8) is 0 Å². The van der Waals surface area contributed by atoms with Crippen LogP contribution in [0, 0.1) is 5.92 Å². The van der Waals surface area contributed by atoms with Crippen LogP contribution in [0.25, 0.3) is 0 Å². The van der Waals surface area contributed by atoms with E-state index in [-0.39, 0.29) is 12.5 Å². The number of piperidine rings is 1. The summed E-state index contributed by atoms with van der Waals surface area (Å²) in [4.78, 5) is 17.4. The minimum absolute atomic E-state index is 0.146. The van der Waals surface area contributed by atoms with Crippen molar-refractivity contribution in [2.24, 2.45) is 5.92 Å². The molecule has 0 radical (unpaired) electrons. The van der Waals surface area contributed by atoms with Crippen LogP contribution >= 0.6 is 0 Å². The lowest BCUT2D eigenvalue weighted by Gasteiger charge is -2.36. The molecular formula is C21H30N2O3. The first-order valence-electron chi connectivity index (χ1n) is 9.91. The Morgan fingerprint density at radius 3 is 2.54 bits per heavy atom. The highest BCUT2D eigenvalue weighted by molar-refractivity contribution is 5.78.